The molecule has 8 nitrogen and oxygen atoms in total. The number of piperidine rings is 1. The second-order valence-electron chi connectivity index (χ2n) is 9.23. The SMILES string of the molecule is O=c1c2ccc(Cl)cc2nc(N2CCC(Nc3nc4ccccc4n3Cc3ccc(F)cc3)CC2)n1O. The molecule has 0 amide bonds. The van der Waals surface area contributed by atoms with Gasteiger partial charge in [-0.15, -0.1) is 4.73 Å². The fourth-order valence-corrected chi connectivity index (χ4v) is 5.03. The molecule has 1 aliphatic rings. The summed E-state index contributed by atoms with van der Waals surface area (Å²) in [4.78, 5) is 23.9. The fourth-order valence-electron chi connectivity index (χ4n) is 4.87. The fraction of sp³-hybridized carbons (Fsp3) is 0.222. The number of hydrogen-bond acceptors (Lipinski definition) is 6. The lowest BCUT2D eigenvalue weighted by Gasteiger charge is -2.33. The normalized spacial score (nSPS) is 14.5. The van der Waals surface area contributed by atoms with E-state index in [4.69, 9.17) is 16.6 Å². The molecular weight excluding hydrogens is 495 g/mol. The molecule has 0 radical (unpaired) electrons. The van der Waals surface area contributed by atoms with E-state index in [0.29, 0.717) is 40.3 Å². The Morgan fingerprint density at radius 1 is 1.00 bits per heavy atom. The molecule has 0 saturated carbocycles. The van der Waals surface area contributed by atoms with Gasteiger partial charge in [-0.05, 0) is 60.9 Å². The Morgan fingerprint density at radius 2 is 1.76 bits per heavy atom. The van der Waals surface area contributed by atoms with Crippen molar-refractivity contribution in [2.75, 3.05) is 23.3 Å². The minimum Gasteiger partial charge on any atom is -0.422 e. The van der Waals surface area contributed by atoms with Crippen LogP contribution in [0.5, 0.6) is 0 Å². The summed E-state index contributed by atoms with van der Waals surface area (Å²) in [5.74, 6) is 0.699. The molecule has 0 aliphatic carbocycles. The number of aromatic nitrogens is 4. The number of imidazole rings is 1. The van der Waals surface area contributed by atoms with Gasteiger partial charge in [0, 0.05) is 24.2 Å². The van der Waals surface area contributed by atoms with Crippen LogP contribution in [0.2, 0.25) is 5.02 Å². The van der Waals surface area contributed by atoms with Crippen molar-refractivity contribution < 1.29 is 9.60 Å². The average Bonchev–Trinajstić information content (AvgIpc) is 3.24. The largest absolute Gasteiger partial charge is 0.422 e. The molecule has 10 heteroatoms. The maximum absolute atomic E-state index is 13.4. The van der Waals surface area contributed by atoms with Gasteiger partial charge < -0.3 is 20.0 Å². The number of halogens is 2. The number of rotatable bonds is 5. The molecule has 0 atom stereocenters. The summed E-state index contributed by atoms with van der Waals surface area (Å²) < 4.78 is 16.1. The second-order valence-corrected chi connectivity index (χ2v) is 9.67. The third kappa shape index (κ3) is 4.46. The van der Waals surface area contributed by atoms with Crippen molar-refractivity contribution in [3.05, 3.63) is 93.5 Å². The maximum atomic E-state index is 13.4. The van der Waals surface area contributed by atoms with Gasteiger partial charge in [0.1, 0.15) is 5.82 Å². The minimum absolute atomic E-state index is 0.133. The van der Waals surface area contributed by atoms with Crippen LogP contribution in [0.1, 0.15) is 18.4 Å². The number of fused-ring (bicyclic) bond motifs is 2. The highest BCUT2D eigenvalue weighted by atomic mass is 35.5. The molecule has 2 N–H and O–H groups in total. The van der Waals surface area contributed by atoms with Gasteiger partial charge in [-0.1, -0.05) is 35.9 Å². The predicted molar refractivity (Wildman–Crippen MR) is 142 cm³/mol. The maximum Gasteiger partial charge on any atom is 0.295 e. The minimum atomic E-state index is -0.522. The summed E-state index contributed by atoms with van der Waals surface area (Å²) in [6.45, 7) is 1.74. The van der Waals surface area contributed by atoms with Gasteiger partial charge in [-0.3, -0.25) is 4.79 Å². The zero-order valence-electron chi connectivity index (χ0n) is 19.8. The third-order valence-electron chi connectivity index (χ3n) is 6.81. The Balaban J connectivity index is 1.22. The van der Waals surface area contributed by atoms with E-state index in [9.17, 15) is 14.4 Å². The molecular formula is C27H24ClFN6O2. The molecule has 3 aromatic carbocycles. The molecule has 2 aromatic heterocycles. The zero-order chi connectivity index (χ0) is 25.5. The molecule has 188 valence electrons. The summed E-state index contributed by atoms with van der Waals surface area (Å²) in [6.07, 6.45) is 1.51. The van der Waals surface area contributed by atoms with Crippen molar-refractivity contribution >= 4 is 45.4 Å². The van der Waals surface area contributed by atoms with Gasteiger partial charge in [-0.25, -0.2) is 14.4 Å². The summed E-state index contributed by atoms with van der Waals surface area (Å²) in [7, 11) is 0. The topological polar surface area (TPSA) is 88.2 Å². The standard InChI is InChI=1S/C27H24ClFN6O2/c28-18-7-10-21-23(15-18)32-27(35(37)25(21)36)33-13-11-20(12-14-33)30-26-31-22-3-1-2-4-24(22)34(26)16-17-5-8-19(29)9-6-17/h1-10,15,20,37H,11-14,16H2,(H,30,31). The van der Waals surface area contributed by atoms with Crippen LogP contribution in [0, 0.1) is 5.82 Å². The van der Waals surface area contributed by atoms with Crippen LogP contribution in [0.3, 0.4) is 0 Å². The number of benzene rings is 3. The molecule has 0 bridgehead atoms. The summed E-state index contributed by atoms with van der Waals surface area (Å²) in [5.41, 5.74) is 2.78. The van der Waals surface area contributed by atoms with Crippen molar-refractivity contribution in [3.8, 4) is 0 Å². The number of para-hydroxylation sites is 2. The molecule has 1 aliphatic heterocycles. The Kier molecular flexibility index (Phi) is 5.92. The second kappa shape index (κ2) is 9.40. The van der Waals surface area contributed by atoms with Gasteiger partial charge in [0.05, 0.1) is 28.5 Å². The number of anilines is 2. The number of nitrogens with zero attached hydrogens (tertiary/aromatic N) is 5. The molecule has 1 saturated heterocycles. The lowest BCUT2D eigenvalue weighted by atomic mass is 10.1. The summed E-state index contributed by atoms with van der Waals surface area (Å²) in [5, 5.41) is 14.9. The van der Waals surface area contributed by atoms with Crippen molar-refractivity contribution in [3.63, 3.8) is 0 Å². The molecule has 0 spiro atoms. The molecule has 3 heterocycles. The van der Waals surface area contributed by atoms with E-state index in [0.717, 1.165) is 35.4 Å². The van der Waals surface area contributed by atoms with E-state index in [1.165, 1.54) is 12.1 Å². The van der Waals surface area contributed by atoms with Crippen molar-refractivity contribution in [2.45, 2.75) is 25.4 Å². The lowest BCUT2D eigenvalue weighted by molar-refractivity contribution is 0.175. The van der Waals surface area contributed by atoms with Gasteiger partial charge in [0.15, 0.2) is 0 Å². The van der Waals surface area contributed by atoms with E-state index >= 15 is 0 Å². The first-order valence-electron chi connectivity index (χ1n) is 12.1. The highest BCUT2D eigenvalue weighted by Gasteiger charge is 2.25. The van der Waals surface area contributed by atoms with Crippen LogP contribution in [-0.4, -0.2) is 43.6 Å². The van der Waals surface area contributed by atoms with Crippen LogP contribution < -0.4 is 15.8 Å². The average molecular weight is 519 g/mol. The Hall–Kier alpha value is -4.11. The highest BCUT2D eigenvalue weighted by molar-refractivity contribution is 6.31. The first-order chi connectivity index (χ1) is 18.0. The van der Waals surface area contributed by atoms with Crippen LogP contribution in [0.15, 0.2) is 71.5 Å². The Morgan fingerprint density at radius 3 is 2.54 bits per heavy atom. The van der Waals surface area contributed by atoms with E-state index in [1.54, 1.807) is 30.3 Å². The van der Waals surface area contributed by atoms with Crippen molar-refractivity contribution in [1.82, 2.24) is 19.3 Å². The van der Waals surface area contributed by atoms with Gasteiger partial charge in [0.2, 0.25) is 11.9 Å². The first-order valence-corrected chi connectivity index (χ1v) is 12.5. The van der Waals surface area contributed by atoms with Crippen LogP contribution in [0.25, 0.3) is 21.9 Å². The summed E-state index contributed by atoms with van der Waals surface area (Å²) >= 11 is 6.09. The number of nitrogens with one attached hydrogen (secondary N) is 1. The molecule has 0 unspecified atom stereocenters. The van der Waals surface area contributed by atoms with Gasteiger partial charge in [0.25, 0.3) is 5.56 Å². The molecule has 6 rings (SSSR count). The monoisotopic (exact) mass is 518 g/mol. The Bertz CT molecular complexity index is 1660. The molecule has 1 fully saturated rings. The first kappa shape index (κ1) is 23.3. The van der Waals surface area contributed by atoms with Gasteiger partial charge in [-0.2, -0.15) is 0 Å². The van der Waals surface area contributed by atoms with Gasteiger partial charge >= 0.3 is 0 Å². The Labute approximate surface area is 216 Å². The van der Waals surface area contributed by atoms with Crippen LogP contribution in [0.4, 0.5) is 16.3 Å². The highest BCUT2D eigenvalue weighted by Crippen LogP contribution is 2.26. The van der Waals surface area contributed by atoms with E-state index in [-0.39, 0.29) is 17.8 Å². The summed E-state index contributed by atoms with van der Waals surface area (Å²) in [6, 6.07) is 19.4. The smallest absolute Gasteiger partial charge is 0.295 e. The van der Waals surface area contributed by atoms with E-state index < -0.39 is 5.56 Å². The quantitative estimate of drug-likeness (QED) is 0.322. The van der Waals surface area contributed by atoms with E-state index in [1.807, 2.05) is 29.2 Å². The molecule has 5 aromatic rings. The zero-order valence-corrected chi connectivity index (χ0v) is 20.6. The van der Waals surface area contributed by atoms with Crippen molar-refractivity contribution in [1.29, 1.82) is 0 Å². The van der Waals surface area contributed by atoms with E-state index in [2.05, 4.69) is 14.9 Å². The molecule has 37 heavy (non-hydrogen) atoms. The lowest BCUT2D eigenvalue weighted by Crippen LogP contribution is -2.42. The van der Waals surface area contributed by atoms with Crippen LogP contribution >= 0.6 is 11.6 Å². The third-order valence-corrected chi connectivity index (χ3v) is 7.05. The predicted octanol–water partition coefficient (Wildman–Crippen LogP) is 4.91. The van der Waals surface area contributed by atoms with Crippen molar-refractivity contribution in [2.24, 2.45) is 0 Å². The number of hydrogen-bond donors (Lipinski definition) is 2. The van der Waals surface area contributed by atoms with Crippen LogP contribution in [-0.2, 0) is 6.54 Å².